The van der Waals surface area contributed by atoms with Crippen LogP contribution in [-0.2, 0) is 10.0 Å². The van der Waals surface area contributed by atoms with E-state index in [2.05, 4.69) is 5.32 Å². The Morgan fingerprint density at radius 2 is 1.77 bits per heavy atom. The van der Waals surface area contributed by atoms with Crippen LogP contribution < -0.4 is 5.32 Å². The normalized spacial score (nSPS) is 15.2. The zero-order valence-corrected chi connectivity index (χ0v) is 16.6. The molecule has 0 saturated carbocycles. The third kappa shape index (κ3) is 4.06. The number of rotatable bonds is 5. The molecule has 1 N–H and O–H groups in total. The lowest BCUT2D eigenvalue weighted by Gasteiger charge is -2.16. The molecule has 1 amide bonds. The van der Waals surface area contributed by atoms with Gasteiger partial charge in [-0.05, 0) is 61.6 Å². The summed E-state index contributed by atoms with van der Waals surface area (Å²) in [4.78, 5) is 13.8. The van der Waals surface area contributed by atoms with Gasteiger partial charge in [-0.25, -0.2) is 8.42 Å². The molecule has 3 rings (SSSR count). The van der Waals surface area contributed by atoms with Gasteiger partial charge in [0.2, 0.25) is 10.0 Å². The molecular formula is C18H19ClN2O3S2. The Labute approximate surface area is 162 Å². The van der Waals surface area contributed by atoms with Gasteiger partial charge in [0.15, 0.2) is 0 Å². The van der Waals surface area contributed by atoms with E-state index in [0.29, 0.717) is 18.8 Å². The first-order valence-electron chi connectivity index (χ1n) is 8.17. The highest BCUT2D eigenvalue weighted by Gasteiger charge is 2.28. The molecule has 26 heavy (non-hydrogen) atoms. The Kier molecular flexibility index (Phi) is 5.92. The molecule has 2 aromatic rings. The van der Waals surface area contributed by atoms with Crippen LogP contribution in [0.15, 0.2) is 52.3 Å². The minimum atomic E-state index is -3.60. The number of amides is 1. The smallest absolute Gasteiger partial charge is 0.257 e. The van der Waals surface area contributed by atoms with E-state index in [4.69, 9.17) is 11.6 Å². The van der Waals surface area contributed by atoms with Gasteiger partial charge in [0.1, 0.15) is 0 Å². The van der Waals surface area contributed by atoms with E-state index in [-0.39, 0.29) is 15.5 Å². The number of sulfonamides is 1. The first-order valence-corrected chi connectivity index (χ1v) is 11.2. The maximum Gasteiger partial charge on any atom is 0.257 e. The minimum Gasteiger partial charge on any atom is -0.322 e. The summed E-state index contributed by atoms with van der Waals surface area (Å²) in [7, 11) is -3.60. The Hall–Kier alpha value is -1.54. The van der Waals surface area contributed by atoms with E-state index >= 15 is 0 Å². The highest BCUT2D eigenvalue weighted by atomic mass is 35.5. The van der Waals surface area contributed by atoms with E-state index in [1.54, 1.807) is 23.9 Å². The van der Waals surface area contributed by atoms with Crippen molar-refractivity contribution in [1.29, 1.82) is 0 Å². The fourth-order valence-corrected chi connectivity index (χ4v) is 4.94. The standard InChI is InChI=1S/C18H19ClN2O3S2/c1-25-14-6-4-13(5-7-14)20-18(22)16-12-15(8-9-17(16)19)26(23,24)21-10-2-3-11-21/h4-9,12H,2-3,10-11H2,1H3,(H,20,22). The second-order valence-electron chi connectivity index (χ2n) is 5.94. The molecule has 1 heterocycles. The maximum absolute atomic E-state index is 12.7. The van der Waals surface area contributed by atoms with Crippen molar-refractivity contribution in [3.05, 3.63) is 53.1 Å². The number of anilines is 1. The van der Waals surface area contributed by atoms with E-state index in [0.717, 1.165) is 17.7 Å². The Balaban J connectivity index is 1.85. The van der Waals surface area contributed by atoms with Crippen LogP contribution in [0.4, 0.5) is 5.69 Å². The van der Waals surface area contributed by atoms with Crippen molar-refractivity contribution in [3.8, 4) is 0 Å². The molecule has 5 nitrogen and oxygen atoms in total. The molecule has 1 fully saturated rings. The largest absolute Gasteiger partial charge is 0.322 e. The summed E-state index contributed by atoms with van der Waals surface area (Å²) in [5.74, 6) is -0.439. The van der Waals surface area contributed by atoms with Crippen LogP contribution in [0.1, 0.15) is 23.2 Å². The van der Waals surface area contributed by atoms with E-state index in [1.807, 2.05) is 18.4 Å². The Bertz CT molecular complexity index is 909. The predicted molar refractivity (Wildman–Crippen MR) is 106 cm³/mol. The fraction of sp³-hybridized carbons (Fsp3) is 0.278. The van der Waals surface area contributed by atoms with Crippen LogP contribution in [0, 0.1) is 0 Å². The van der Waals surface area contributed by atoms with Gasteiger partial charge in [-0.1, -0.05) is 11.6 Å². The van der Waals surface area contributed by atoms with Gasteiger partial charge < -0.3 is 5.32 Å². The van der Waals surface area contributed by atoms with Crippen molar-refractivity contribution < 1.29 is 13.2 Å². The first kappa shape index (κ1) is 19.2. The van der Waals surface area contributed by atoms with Crippen LogP contribution in [0.3, 0.4) is 0 Å². The molecule has 0 bridgehead atoms. The number of benzene rings is 2. The van der Waals surface area contributed by atoms with Gasteiger partial charge in [0.05, 0.1) is 15.5 Å². The van der Waals surface area contributed by atoms with Gasteiger partial charge in [-0.3, -0.25) is 4.79 Å². The summed E-state index contributed by atoms with van der Waals surface area (Å²) in [5, 5.41) is 2.97. The molecule has 138 valence electrons. The average molecular weight is 411 g/mol. The van der Waals surface area contributed by atoms with Gasteiger partial charge in [-0.2, -0.15) is 4.31 Å². The van der Waals surface area contributed by atoms with Crippen LogP contribution in [-0.4, -0.2) is 38.0 Å². The zero-order valence-electron chi connectivity index (χ0n) is 14.2. The number of hydrogen-bond acceptors (Lipinski definition) is 4. The molecular weight excluding hydrogens is 392 g/mol. The quantitative estimate of drug-likeness (QED) is 0.753. The number of nitrogens with one attached hydrogen (secondary N) is 1. The number of nitrogens with zero attached hydrogens (tertiary/aromatic N) is 1. The Morgan fingerprint density at radius 1 is 1.12 bits per heavy atom. The zero-order chi connectivity index (χ0) is 18.7. The molecule has 2 aromatic carbocycles. The van der Waals surface area contributed by atoms with Crippen LogP contribution in [0.5, 0.6) is 0 Å². The van der Waals surface area contributed by atoms with E-state index in [9.17, 15) is 13.2 Å². The van der Waals surface area contributed by atoms with Crippen molar-refractivity contribution in [2.75, 3.05) is 24.7 Å². The number of carbonyl (C=O) groups excluding carboxylic acids is 1. The van der Waals surface area contributed by atoms with Gasteiger partial charge in [0.25, 0.3) is 5.91 Å². The number of thioether (sulfide) groups is 1. The molecule has 1 aliphatic heterocycles. The summed E-state index contributed by atoms with van der Waals surface area (Å²) < 4.78 is 26.8. The van der Waals surface area contributed by atoms with E-state index < -0.39 is 15.9 Å². The van der Waals surface area contributed by atoms with Crippen LogP contribution >= 0.6 is 23.4 Å². The predicted octanol–water partition coefficient (Wildman–Crippen LogP) is 4.10. The fourth-order valence-electron chi connectivity index (χ4n) is 2.79. The highest BCUT2D eigenvalue weighted by molar-refractivity contribution is 7.98. The molecule has 0 spiro atoms. The van der Waals surface area contributed by atoms with Gasteiger partial charge in [-0.15, -0.1) is 11.8 Å². The van der Waals surface area contributed by atoms with Crippen LogP contribution in [0.2, 0.25) is 5.02 Å². The van der Waals surface area contributed by atoms with Crippen molar-refractivity contribution >= 4 is 45.0 Å². The summed E-state index contributed by atoms with van der Waals surface area (Å²) >= 11 is 7.75. The number of carbonyl (C=O) groups is 1. The lowest BCUT2D eigenvalue weighted by atomic mass is 10.2. The molecule has 1 saturated heterocycles. The minimum absolute atomic E-state index is 0.0895. The summed E-state index contributed by atoms with van der Waals surface area (Å²) in [5.41, 5.74) is 0.762. The Morgan fingerprint density at radius 3 is 2.38 bits per heavy atom. The van der Waals surface area contributed by atoms with Crippen molar-refractivity contribution in [3.63, 3.8) is 0 Å². The third-order valence-electron chi connectivity index (χ3n) is 4.23. The van der Waals surface area contributed by atoms with Gasteiger partial charge >= 0.3 is 0 Å². The molecule has 0 atom stereocenters. The second-order valence-corrected chi connectivity index (χ2v) is 9.16. The summed E-state index contributed by atoms with van der Waals surface area (Å²) in [6.07, 6.45) is 3.68. The van der Waals surface area contributed by atoms with Crippen molar-refractivity contribution in [2.24, 2.45) is 0 Å². The third-order valence-corrected chi connectivity index (χ3v) is 7.20. The van der Waals surface area contributed by atoms with Gasteiger partial charge in [0, 0.05) is 23.7 Å². The molecule has 0 radical (unpaired) electrons. The van der Waals surface area contributed by atoms with Crippen LogP contribution in [0.25, 0.3) is 0 Å². The maximum atomic E-state index is 12.7. The number of halogens is 1. The number of hydrogen-bond donors (Lipinski definition) is 1. The molecule has 0 unspecified atom stereocenters. The average Bonchev–Trinajstić information content (AvgIpc) is 3.18. The molecule has 0 aromatic heterocycles. The van der Waals surface area contributed by atoms with Crippen molar-refractivity contribution in [1.82, 2.24) is 4.31 Å². The molecule has 1 aliphatic rings. The lowest BCUT2D eigenvalue weighted by molar-refractivity contribution is 0.102. The topological polar surface area (TPSA) is 66.5 Å². The van der Waals surface area contributed by atoms with Crippen molar-refractivity contribution in [2.45, 2.75) is 22.6 Å². The second kappa shape index (κ2) is 8.00. The monoisotopic (exact) mass is 410 g/mol. The highest BCUT2D eigenvalue weighted by Crippen LogP contribution is 2.26. The molecule has 0 aliphatic carbocycles. The summed E-state index contributed by atoms with van der Waals surface area (Å²) in [6, 6.07) is 11.6. The first-order chi connectivity index (χ1) is 12.4. The summed E-state index contributed by atoms with van der Waals surface area (Å²) in [6.45, 7) is 1.02. The molecule has 8 heteroatoms. The van der Waals surface area contributed by atoms with E-state index in [1.165, 1.54) is 22.5 Å². The lowest BCUT2D eigenvalue weighted by Crippen LogP contribution is -2.28. The SMILES string of the molecule is CSc1ccc(NC(=O)c2cc(S(=O)(=O)N3CCCC3)ccc2Cl)cc1.